The van der Waals surface area contributed by atoms with Crippen molar-refractivity contribution < 1.29 is 9.53 Å². The van der Waals surface area contributed by atoms with Crippen LogP contribution in [0.25, 0.3) is 0 Å². The molecule has 0 heterocycles. The minimum atomic E-state index is -0.524. The van der Waals surface area contributed by atoms with Crippen LogP contribution in [-0.2, 0) is 0 Å². The van der Waals surface area contributed by atoms with E-state index in [0.717, 1.165) is 5.56 Å². The van der Waals surface area contributed by atoms with E-state index in [0.29, 0.717) is 16.3 Å². The maximum atomic E-state index is 12.2. The van der Waals surface area contributed by atoms with E-state index < -0.39 is 6.10 Å². The lowest BCUT2D eigenvalue weighted by atomic mass is 10.1. The molecule has 2 rings (SSSR count). The number of hydrogen-bond acceptors (Lipinski definition) is 2. The Bertz CT molecular complexity index is 558. The highest BCUT2D eigenvalue weighted by Crippen LogP contribution is 2.18. The number of carbonyl (C=O) groups is 1. The Labute approximate surface area is 118 Å². The van der Waals surface area contributed by atoms with E-state index in [1.165, 1.54) is 0 Å². The summed E-state index contributed by atoms with van der Waals surface area (Å²) in [6, 6.07) is 14.5. The second-order valence-corrected chi connectivity index (χ2v) is 4.88. The summed E-state index contributed by atoms with van der Waals surface area (Å²) in [4.78, 5) is 12.2. The van der Waals surface area contributed by atoms with Crippen molar-refractivity contribution in [3.8, 4) is 5.75 Å². The molecule has 0 saturated heterocycles. The molecule has 2 aromatic rings. The van der Waals surface area contributed by atoms with Crippen molar-refractivity contribution in [2.45, 2.75) is 20.0 Å². The van der Waals surface area contributed by atoms with Gasteiger partial charge >= 0.3 is 0 Å². The molecule has 0 aliphatic carbocycles. The molecule has 0 aliphatic heterocycles. The largest absolute Gasteiger partial charge is 0.483 e. The molecule has 0 unspecified atom stereocenters. The third-order valence-corrected chi connectivity index (χ3v) is 3.08. The van der Waals surface area contributed by atoms with Gasteiger partial charge in [0.15, 0.2) is 6.10 Å². The molecule has 0 amide bonds. The molecular weight excluding hydrogens is 260 g/mol. The fraction of sp³-hybridized carbons (Fsp3) is 0.188. The molecule has 98 valence electrons. The molecule has 1 atom stereocenters. The molecule has 2 nitrogen and oxygen atoms in total. The van der Waals surface area contributed by atoms with Gasteiger partial charge in [-0.05, 0) is 38.1 Å². The number of carbonyl (C=O) groups excluding carboxylic acids is 1. The normalized spacial score (nSPS) is 11.9. The van der Waals surface area contributed by atoms with Gasteiger partial charge < -0.3 is 4.74 Å². The van der Waals surface area contributed by atoms with Crippen LogP contribution in [0, 0.1) is 6.92 Å². The number of hydrogen-bond donors (Lipinski definition) is 0. The Kier molecular flexibility index (Phi) is 4.23. The van der Waals surface area contributed by atoms with E-state index in [4.69, 9.17) is 16.3 Å². The number of aryl methyl sites for hydroxylation is 1. The van der Waals surface area contributed by atoms with Gasteiger partial charge in [0.05, 0.1) is 0 Å². The highest BCUT2D eigenvalue weighted by Gasteiger charge is 2.16. The fourth-order valence-electron chi connectivity index (χ4n) is 1.72. The lowest BCUT2D eigenvalue weighted by molar-refractivity contribution is 0.0818. The average molecular weight is 275 g/mol. The van der Waals surface area contributed by atoms with Gasteiger partial charge in [-0.3, -0.25) is 4.79 Å². The average Bonchev–Trinajstić information content (AvgIpc) is 2.41. The molecule has 0 aliphatic rings. The van der Waals surface area contributed by atoms with Crippen LogP contribution in [0.4, 0.5) is 0 Å². The van der Waals surface area contributed by atoms with Gasteiger partial charge in [-0.2, -0.15) is 0 Å². The molecule has 0 spiro atoms. The van der Waals surface area contributed by atoms with Gasteiger partial charge in [0.2, 0.25) is 5.78 Å². The van der Waals surface area contributed by atoms with Gasteiger partial charge in [0.25, 0.3) is 0 Å². The molecular formula is C16H15ClO2. The number of rotatable bonds is 4. The molecule has 0 bridgehead atoms. The van der Waals surface area contributed by atoms with E-state index in [9.17, 15) is 4.79 Å². The lowest BCUT2D eigenvalue weighted by Crippen LogP contribution is -2.23. The number of benzene rings is 2. The van der Waals surface area contributed by atoms with Crippen molar-refractivity contribution in [1.82, 2.24) is 0 Å². The summed E-state index contributed by atoms with van der Waals surface area (Å²) >= 11 is 5.80. The summed E-state index contributed by atoms with van der Waals surface area (Å²) in [5, 5.41) is 0.643. The Morgan fingerprint density at radius 3 is 2.21 bits per heavy atom. The maximum Gasteiger partial charge on any atom is 0.202 e. The van der Waals surface area contributed by atoms with Crippen molar-refractivity contribution in [1.29, 1.82) is 0 Å². The van der Waals surface area contributed by atoms with Crippen LogP contribution in [-0.4, -0.2) is 11.9 Å². The van der Waals surface area contributed by atoms with Gasteiger partial charge in [-0.15, -0.1) is 0 Å². The first-order chi connectivity index (χ1) is 9.06. The lowest BCUT2D eigenvalue weighted by Gasteiger charge is -2.13. The summed E-state index contributed by atoms with van der Waals surface area (Å²) in [5.74, 6) is 0.604. The number of ether oxygens (including phenoxy) is 1. The summed E-state index contributed by atoms with van der Waals surface area (Å²) in [6.07, 6.45) is -0.524. The quantitative estimate of drug-likeness (QED) is 0.777. The molecule has 0 fully saturated rings. The summed E-state index contributed by atoms with van der Waals surface area (Å²) in [5.41, 5.74) is 1.79. The second-order valence-electron chi connectivity index (χ2n) is 4.44. The Morgan fingerprint density at radius 2 is 1.63 bits per heavy atom. The van der Waals surface area contributed by atoms with Crippen molar-refractivity contribution in [3.63, 3.8) is 0 Å². The standard InChI is InChI=1S/C16H15ClO2/c1-11-3-5-13(6-4-11)16(18)12(2)19-15-9-7-14(17)8-10-15/h3-10,12H,1-2H3/t12-/m1/s1. The third-order valence-electron chi connectivity index (χ3n) is 2.83. The minimum Gasteiger partial charge on any atom is -0.483 e. The minimum absolute atomic E-state index is 0.0325. The molecule has 0 aromatic heterocycles. The van der Waals surface area contributed by atoms with Crippen LogP contribution in [0.3, 0.4) is 0 Å². The molecule has 0 N–H and O–H groups in total. The predicted molar refractivity (Wildman–Crippen MR) is 77.1 cm³/mol. The van der Waals surface area contributed by atoms with Crippen molar-refractivity contribution in [2.75, 3.05) is 0 Å². The number of Topliss-reactive ketones (excluding diaryl/α,β-unsaturated/α-hetero) is 1. The zero-order valence-corrected chi connectivity index (χ0v) is 11.6. The van der Waals surface area contributed by atoms with Gasteiger partial charge in [-0.25, -0.2) is 0 Å². The fourth-order valence-corrected chi connectivity index (χ4v) is 1.85. The van der Waals surface area contributed by atoms with E-state index >= 15 is 0 Å². The third kappa shape index (κ3) is 3.58. The smallest absolute Gasteiger partial charge is 0.202 e. The van der Waals surface area contributed by atoms with Crippen LogP contribution >= 0.6 is 11.6 Å². The molecule has 2 aromatic carbocycles. The topological polar surface area (TPSA) is 26.3 Å². The zero-order valence-electron chi connectivity index (χ0n) is 10.9. The second kappa shape index (κ2) is 5.89. The van der Waals surface area contributed by atoms with E-state index in [1.807, 2.05) is 31.2 Å². The molecule has 19 heavy (non-hydrogen) atoms. The van der Waals surface area contributed by atoms with Crippen LogP contribution in [0.1, 0.15) is 22.8 Å². The first kappa shape index (κ1) is 13.6. The first-order valence-corrected chi connectivity index (χ1v) is 6.47. The summed E-state index contributed by atoms with van der Waals surface area (Å²) in [7, 11) is 0. The Hall–Kier alpha value is -1.80. The SMILES string of the molecule is Cc1ccc(C(=O)[C@@H](C)Oc2ccc(Cl)cc2)cc1. The van der Waals surface area contributed by atoms with E-state index in [2.05, 4.69) is 0 Å². The summed E-state index contributed by atoms with van der Waals surface area (Å²) < 4.78 is 5.61. The maximum absolute atomic E-state index is 12.2. The highest BCUT2D eigenvalue weighted by atomic mass is 35.5. The predicted octanol–water partition coefficient (Wildman–Crippen LogP) is 4.30. The van der Waals surface area contributed by atoms with Crippen LogP contribution in [0.2, 0.25) is 5.02 Å². The van der Waals surface area contributed by atoms with Gasteiger partial charge in [0.1, 0.15) is 5.75 Å². The van der Waals surface area contributed by atoms with Crippen molar-refractivity contribution in [2.24, 2.45) is 0 Å². The van der Waals surface area contributed by atoms with Crippen molar-refractivity contribution in [3.05, 3.63) is 64.7 Å². The zero-order chi connectivity index (χ0) is 13.8. The van der Waals surface area contributed by atoms with Crippen LogP contribution in [0.5, 0.6) is 5.75 Å². The first-order valence-electron chi connectivity index (χ1n) is 6.09. The van der Waals surface area contributed by atoms with Crippen LogP contribution < -0.4 is 4.74 Å². The Morgan fingerprint density at radius 1 is 1.05 bits per heavy atom. The summed E-state index contributed by atoms with van der Waals surface area (Å²) in [6.45, 7) is 3.73. The van der Waals surface area contributed by atoms with Gasteiger partial charge in [0, 0.05) is 10.6 Å². The number of ketones is 1. The van der Waals surface area contributed by atoms with Crippen molar-refractivity contribution >= 4 is 17.4 Å². The number of halogens is 1. The molecule has 0 radical (unpaired) electrons. The molecule has 3 heteroatoms. The molecule has 0 saturated carbocycles. The highest BCUT2D eigenvalue weighted by molar-refractivity contribution is 6.30. The Balaban J connectivity index is 2.07. The van der Waals surface area contributed by atoms with E-state index in [-0.39, 0.29) is 5.78 Å². The monoisotopic (exact) mass is 274 g/mol. The van der Waals surface area contributed by atoms with Gasteiger partial charge in [-0.1, -0.05) is 41.4 Å². The van der Waals surface area contributed by atoms with E-state index in [1.54, 1.807) is 31.2 Å². The van der Waals surface area contributed by atoms with Crippen LogP contribution in [0.15, 0.2) is 48.5 Å².